The van der Waals surface area contributed by atoms with E-state index in [1.54, 1.807) is 18.2 Å². The van der Waals surface area contributed by atoms with Crippen LogP contribution in [0.25, 0.3) is 0 Å². The van der Waals surface area contributed by atoms with E-state index in [0.717, 1.165) is 0 Å². The molecule has 1 aromatic rings. The first-order chi connectivity index (χ1) is 8.46. The number of benzene rings is 1. The van der Waals surface area contributed by atoms with Crippen LogP contribution < -0.4 is 11.1 Å². The fourth-order valence-corrected chi connectivity index (χ4v) is 3.81. The summed E-state index contributed by atoms with van der Waals surface area (Å²) in [4.78, 5) is 0. The van der Waals surface area contributed by atoms with Gasteiger partial charge in [-0.1, -0.05) is 25.4 Å². The van der Waals surface area contributed by atoms with Crippen LogP contribution in [-0.2, 0) is 9.09 Å². The van der Waals surface area contributed by atoms with Crippen molar-refractivity contribution >= 4 is 30.3 Å². The Balaban J connectivity index is 2.99. The fraction of sp³-hybridized carbons (Fsp3) is 0.500. The molecule has 0 bridgehead atoms. The minimum absolute atomic E-state index is 0.258. The predicted molar refractivity (Wildman–Crippen MR) is 78.7 cm³/mol. The van der Waals surface area contributed by atoms with Crippen molar-refractivity contribution in [3.63, 3.8) is 0 Å². The maximum Gasteiger partial charge on any atom is 0.224 e. The van der Waals surface area contributed by atoms with Gasteiger partial charge in [-0.25, -0.2) is 0 Å². The van der Waals surface area contributed by atoms with E-state index in [4.69, 9.17) is 21.9 Å². The van der Waals surface area contributed by atoms with Gasteiger partial charge in [0.2, 0.25) is 7.37 Å². The van der Waals surface area contributed by atoms with Crippen LogP contribution in [0.15, 0.2) is 18.2 Å². The molecular formula is C12H20ClN2O2P. The molecule has 0 heterocycles. The first-order valence-electron chi connectivity index (χ1n) is 5.92. The number of anilines is 2. The molecule has 1 rings (SSSR count). The highest BCUT2D eigenvalue weighted by Gasteiger charge is 2.30. The summed E-state index contributed by atoms with van der Waals surface area (Å²) in [6.07, 6.45) is 1.17. The van der Waals surface area contributed by atoms with E-state index in [9.17, 15) is 4.57 Å². The quantitative estimate of drug-likeness (QED) is 0.613. The lowest BCUT2D eigenvalue weighted by Crippen LogP contribution is -2.21. The molecule has 0 amide bonds. The average molecular weight is 291 g/mol. The summed E-state index contributed by atoms with van der Waals surface area (Å²) in [5.41, 5.74) is 7.02. The Morgan fingerprint density at radius 1 is 1.50 bits per heavy atom. The van der Waals surface area contributed by atoms with Gasteiger partial charge in [-0.15, -0.1) is 0 Å². The average Bonchev–Trinajstić information content (AvgIpc) is 2.38. The van der Waals surface area contributed by atoms with Gasteiger partial charge in [-0.3, -0.25) is 4.57 Å². The molecule has 18 heavy (non-hydrogen) atoms. The lowest BCUT2D eigenvalue weighted by molar-refractivity contribution is 0.385. The van der Waals surface area contributed by atoms with Crippen LogP contribution in [0.4, 0.5) is 11.4 Å². The van der Waals surface area contributed by atoms with Crippen molar-refractivity contribution in [2.24, 2.45) is 0 Å². The number of halogens is 1. The third-order valence-electron chi connectivity index (χ3n) is 2.92. The van der Waals surface area contributed by atoms with E-state index in [1.165, 1.54) is 7.11 Å². The highest BCUT2D eigenvalue weighted by Crippen LogP contribution is 2.52. The third-order valence-corrected chi connectivity index (χ3v) is 6.20. The van der Waals surface area contributed by atoms with Gasteiger partial charge in [0.05, 0.1) is 10.7 Å². The van der Waals surface area contributed by atoms with Crippen LogP contribution in [0.2, 0.25) is 5.02 Å². The second kappa shape index (κ2) is 6.46. The van der Waals surface area contributed by atoms with Crippen LogP contribution in [-0.4, -0.2) is 19.1 Å². The van der Waals surface area contributed by atoms with Crippen molar-refractivity contribution in [1.82, 2.24) is 0 Å². The van der Waals surface area contributed by atoms with E-state index >= 15 is 0 Å². The van der Waals surface area contributed by atoms with Gasteiger partial charge in [-0.05, 0) is 24.6 Å². The Bertz CT molecular complexity index is 446. The molecule has 0 saturated heterocycles. The SMILES string of the molecule is CCC(Nc1cc(N)ccc1Cl)P(=O)(CC)OC. The van der Waals surface area contributed by atoms with E-state index in [2.05, 4.69) is 5.32 Å². The zero-order valence-corrected chi connectivity index (χ0v) is 12.6. The number of hydrogen-bond acceptors (Lipinski definition) is 4. The fourth-order valence-electron chi connectivity index (χ4n) is 1.79. The molecule has 2 unspecified atom stereocenters. The highest BCUT2D eigenvalue weighted by molar-refractivity contribution is 7.59. The van der Waals surface area contributed by atoms with Crippen LogP contribution in [0.3, 0.4) is 0 Å². The van der Waals surface area contributed by atoms with Gasteiger partial charge in [0.15, 0.2) is 0 Å². The van der Waals surface area contributed by atoms with Crippen molar-refractivity contribution < 1.29 is 9.09 Å². The van der Waals surface area contributed by atoms with Crippen LogP contribution in [0, 0.1) is 0 Å². The molecule has 3 N–H and O–H groups in total. The first kappa shape index (κ1) is 15.4. The Morgan fingerprint density at radius 3 is 2.67 bits per heavy atom. The second-order valence-corrected chi connectivity index (χ2v) is 7.51. The van der Waals surface area contributed by atoms with Crippen molar-refractivity contribution in [3.8, 4) is 0 Å². The number of hydrogen-bond donors (Lipinski definition) is 2. The summed E-state index contributed by atoms with van der Waals surface area (Å²) in [5, 5.41) is 3.74. The van der Waals surface area contributed by atoms with E-state index in [-0.39, 0.29) is 5.78 Å². The molecule has 4 nitrogen and oxygen atoms in total. The molecule has 0 spiro atoms. The predicted octanol–water partition coefficient (Wildman–Crippen LogP) is 4.01. The monoisotopic (exact) mass is 290 g/mol. The van der Waals surface area contributed by atoms with Crippen LogP contribution in [0.1, 0.15) is 20.3 Å². The highest BCUT2D eigenvalue weighted by atomic mass is 35.5. The van der Waals surface area contributed by atoms with Gasteiger partial charge in [0.1, 0.15) is 5.78 Å². The standard InChI is InChI=1S/C12H20ClN2O2P/c1-4-12(18(16,5-2)17-3)15-11-8-9(14)6-7-10(11)13/h6-8,12,15H,4-5,14H2,1-3H3. The molecule has 0 aliphatic rings. The van der Waals surface area contributed by atoms with E-state index in [0.29, 0.717) is 29.0 Å². The molecule has 6 heteroatoms. The Labute approximate surface area is 113 Å². The summed E-state index contributed by atoms with van der Waals surface area (Å²) in [6, 6.07) is 5.18. The molecule has 0 aliphatic carbocycles. The minimum atomic E-state index is -2.70. The smallest absolute Gasteiger partial charge is 0.224 e. The largest absolute Gasteiger partial charge is 0.399 e. The second-order valence-electron chi connectivity index (χ2n) is 4.03. The topological polar surface area (TPSA) is 64.3 Å². The summed E-state index contributed by atoms with van der Waals surface area (Å²) >= 11 is 6.09. The lowest BCUT2D eigenvalue weighted by Gasteiger charge is -2.26. The van der Waals surface area contributed by atoms with E-state index in [1.807, 2.05) is 13.8 Å². The van der Waals surface area contributed by atoms with Gasteiger partial charge in [-0.2, -0.15) is 0 Å². The maximum absolute atomic E-state index is 12.5. The Morgan fingerprint density at radius 2 is 2.17 bits per heavy atom. The number of nitrogens with one attached hydrogen (secondary N) is 1. The summed E-state index contributed by atoms with van der Waals surface area (Å²) < 4.78 is 17.7. The molecule has 0 fully saturated rings. The molecule has 2 atom stereocenters. The van der Waals surface area contributed by atoms with Crippen LogP contribution >= 0.6 is 19.0 Å². The molecule has 0 aliphatic heterocycles. The van der Waals surface area contributed by atoms with Crippen molar-refractivity contribution in [2.75, 3.05) is 24.3 Å². The molecule has 0 aromatic heterocycles. The molecule has 0 radical (unpaired) electrons. The van der Waals surface area contributed by atoms with Crippen molar-refractivity contribution in [3.05, 3.63) is 23.2 Å². The maximum atomic E-state index is 12.5. The first-order valence-corrected chi connectivity index (χ1v) is 8.18. The third kappa shape index (κ3) is 3.41. The van der Waals surface area contributed by atoms with Gasteiger partial charge in [0, 0.05) is 19.0 Å². The normalized spacial score (nSPS) is 16.0. The zero-order chi connectivity index (χ0) is 13.8. The number of rotatable bonds is 6. The van der Waals surface area contributed by atoms with Crippen LogP contribution in [0.5, 0.6) is 0 Å². The van der Waals surface area contributed by atoms with Crippen molar-refractivity contribution in [1.29, 1.82) is 0 Å². The molecule has 102 valence electrons. The van der Waals surface area contributed by atoms with Gasteiger partial charge < -0.3 is 15.6 Å². The van der Waals surface area contributed by atoms with Gasteiger partial charge in [0.25, 0.3) is 0 Å². The molecular weight excluding hydrogens is 271 g/mol. The lowest BCUT2D eigenvalue weighted by atomic mass is 10.3. The number of nitrogen functional groups attached to an aromatic ring is 1. The molecule has 0 saturated carbocycles. The van der Waals surface area contributed by atoms with Gasteiger partial charge >= 0.3 is 0 Å². The zero-order valence-electron chi connectivity index (χ0n) is 10.9. The summed E-state index contributed by atoms with van der Waals surface area (Å²) in [6.45, 7) is 3.81. The molecule has 1 aromatic carbocycles. The summed E-state index contributed by atoms with van der Waals surface area (Å²) in [7, 11) is -1.22. The number of nitrogens with two attached hydrogens (primary N) is 1. The Kier molecular flexibility index (Phi) is 5.51. The Hall–Kier alpha value is -0.700. The summed E-state index contributed by atoms with van der Waals surface area (Å²) in [5.74, 6) is -0.258. The minimum Gasteiger partial charge on any atom is -0.399 e. The van der Waals surface area contributed by atoms with Crippen molar-refractivity contribution in [2.45, 2.75) is 26.1 Å². The van der Waals surface area contributed by atoms with E-state index < -0.39 is 7.37 Å².